The maximum Gasteiger partial charge on any atom is 0.573 e. The molecule has 1 aliphatic rings. The summed E-state index contributed by atoms with van der Waals surface area (Å²) in [4.78, 5) is 12.8. The summed E-state index contributed by atoms with van der Waals surface area (Å²) in [7, 11) is 1.18. The molecular weight excluding hydrogens is 500 g/mol. The predicted octanol–water partition coefficient (Wildman–Crippen LogP) is 5.29. The molecule has 3 aromatic rings. The number of alkyl halides is 3. The first-order chi connectivity index (χ1) is 17.2. The van der Waals surface area contributed by atoms with Gasteiger partial charge >= 0.3 is 6.36 Å². The van der Waals surface area contributed by atoms with E-state index in [0.29, 0.717) is 17.3 Å². The highest BCUT2D eigenvalue weighted by molar-refractivity contribution is 7.11. The Hall–Kier alpha value is -3.25. The zero-order chi connectivity index (χ0) is 25.7. The molecule has 0 spiro atoms. The van der Waals surface area contributed by atoms with Gasteiger partial charge < -0.3 is 9.47 Å². The van der Waals surface area contributed by atoms with E-state index in [9.17, 15) is 22.4 Å². The Kier molecular flexibility index (Phi) is 8.04. The maximum absolute atomic E-state index is 14.3. The molecule has 2 aromatic heterocycles. The van der Waals surface area contributed by atoms with E-state index in [1.165, 1.54) is 24.0 Å². The van der Waals surface area contributed by atoms with Crippen LogP contribution in [0.15, 0.2) is 42.6 Å². The first-order valence-corrected chi connectivity index (χ1v) is 11.9. The van der Waals surface area contributed by atoms with Crippen molar-refractivity contribution in [3.63, 3.8) is 0 Å². The van der Waals surface area contributed by atoms with Crippen LogP contribution in [0, 0.1) is 11.7 Å². The number of ketones is 1. The highest BCUT2D eigenvalue weighted by Crippen LogP contribution is 2.33. The van der Waals surface area contributed by atoms with Gasteiger partial charge in [-0.15, -0.1) is 34.7 Å². The number of halogens is 4. The number of hydrogen-bond donors (Lipinski definition) is 0. The lowest BCUT2D eigenvalue weighted by molar-refractivity contribution is -0.274. The number of Topliss-reactive ketones (excluding diaryl/α,β-unsaturated/α-hetero) is 1. The number of nitrogens with zero attached hydrogens (tertiary/aromatic N) is 4. The van der Waals surface area contributed by atoms with Crippen LogP contribution < -0.4 is 4.74 Å². The summed E-state index contributed by atoms with van der Waals surface area (Å²) in [5.74, 6) is -1.71. The topological polar surface area (TPSA) is 87.1 Å². The summed E-state index contributed by atoms with van der Waals surface area (Å²) in [6, 6.07) is 6.23. The van der Waals surface area contributed by atoms with Crippen molar-refractivity contribution in [1.82, 2.24) is 20.4 Å². The Morgan fingerprint density at radius 2 is 2.00 bits per heavy atom. The largest absolute Gasteiger partial charge is 0.573 e. The van der Waals surface area contributed by atoms with Crippen molar-refractivity contribution in [2.24, 2.45) is 5.92 Å². The molecule has 0 amide bonds. The molecule has 190 valence electrons. The number of rotatable bonds is 9. The minimum absolute atomic E-state index is 0.193. The van der Waals surface area contributed by atoms with Crippen molar-refractivity contribution in [1.29, 1.82) is 0 Å². The van der Waals surface area contributed by atoms with Crippen molar-refractivity contribution in [2.75, 3.05) is 7.11 Å². The second-order valence-electron chi connectivity index (χ2n) is 8.26. The molecule has 1 aromatic carbocycles. The first-order valence-electron chi connectivity index (χ1n) is 11.1. The third-order valence-electron chi connectivity index (χ3n) is 5.73. The molecule has 0 aliphatic heterocycles. The third kappa shape index (κ3) is 6.70. The van der Waals surface area contributed by atoms with Crippen LogP contribution in [-0.2, 0) is 22.4 Å². The van der Waals surface area contributed by atoms with E-state index < -0.39 is 29.8 Å². The number of benzene rings is 1. The van der Waals surface area contributed by atoms with Crippen LogP contribution >= 0.6 is 11.3 Å². The predicted molar refractivity (Wildman–Crippen MR) is 123 cm³/mol. The highest BCUT2D eigenvalue weighted by Gasteiger charge is 2.32. The van der Waals surface area contributed by atoms with Gasteiger partial charge in [0.2, 0.25) is 0 Å². The van der Waals surface area contributed by atoms with E-state index in [1.54, 1.807) is 6.20 Å². The summed E-state index contributed by atoms with van der Waals surface area (Å²) in [5.41, 5.74) is 1.71. The lowest BCUT2D eigenvalue weighted by Gasteiger charge is -2.20. The number of allylic oxidation sites excluding steroid dienone is 2. The lowest BCUT2D eigenvalue weighted by atomic mass is 9.86. The molecule has 0 saturated carbocycles. The van der Waals surface area contributed by atoms with Gasteiger partial charge in [-0.1, -0.05) is 6.08 Å². The maximum atomic E-state index is 14.3. The zero-order valence-corrected chi connectivity index (χ0v) is 20.0. The van der Waals surface area contributed by atoms with Gasteiger partial charge in [-0.25, -0.2) is 4.39 Å². The summed E-state index contributed by atoms with van der Waals surface area (Å²) in [6.45, 7) is 0. The molecule has 2 heterocycles. The molecule has 0 bridgehead atoms. The van der Waals surface area contributed by atoms with Crippen LogP contribution in [0.5, 0.6) is 5.75 Å². The van der Waals surface area contributed by atoms with Gasteiger partial charge in [0.05, 0.1) is 12.1 Å². The van der Waals surface area contributed by atoms with E-state index in [0.717, 1.165) is 48.2 Å². The normalized spacial score (nSPS) is 16.9. The van der Waals surface area contributed by atoms with Crippen LogP contribution in [0.2, 0.25) is 0 Å². The van der Waals surface area contributed by atoms with Crippen molar-refractivity contribution >= 4 is 22.7 Å². The van der Waals surface area contributed by atoms with Crippen LogP contribution in [-0.4, -0.2) is 39.7 Å². The van der Waals surface area contributed by atoms with Crippen LogP contribution in [0.3, 0.4) is 0 Å². The van der Waals surface area contributed by atoms with Gasteiger partial charge in [0.15, 0.2) is 5.78 Å². The Labute approximate surface area is 208 Å². The number of ether oxygens (including phenoxy) is 2. The third-order valence-corrected chi connectivity index (χ3v) is 6.68. The van der Waals surface area contributed by atoms with Gasteiger partial charge in [0.1, 0.15) is 27.7 Å². The molecule has 2 atom stereocenters. The quantitative estimate of drug-likeness (QED) is 0.353. The molecule has 0 N–H and O–H groups in total. The Bertz CT molecular complexity index is 1230. The van der Waals surface area contributed by atoms with Crippen LogP contribution in [0.4, 0.5) is 17.6 Å². The summed E-state index contributed by atoms with van der Waals surface area (Å²) in [6.07, 6.45) is 0.643. The van der Waals surface area contributed by atoms with E-state index in [2.05, 4.69) is 31.2 Å². The molecule has 0 saturated heterocycles. The minimum atomic E-state index is -4.95. The average molecular weight is 523 g/mol. The van der Waals surface area contributed by atoms with Crippen LogP contribution in [0.1, 0.15) is 46.6 Å². The van der Waals surface area contributed by atoms with E-state index >= 15 is 0 Å². The average Bonchev–Trinajstić information content (AvgIpc) is 3.28. The van der Waals surface area contributed by atoms with E-state index in [4.69, 9.17) is 4.74 Å². The number of hydrogen-bond acceptors (Lipinski definition) is 8. The zero-order valence-electron chi connectivity index (χ0n) is 19.2. The lowest BCUT2D eigenvalue weighted by Crippen LogP contribution is -2.20. The second-order valence-corrected chi connectivity index (χ2v) is 9.41. The van der Waals surface area contributed by atoms with Crippen molar-refractivity contribution in [3.05, 3.63) is 69.7 Å². The number of carbonyl (C=O) groups is 1. The van der Waals surface area contributed by atoms with Gasteiger partial charge in [0, 0.05) is 25.3 Å². The molecule has 12 heteroatoms. The van der Waals surface area contributed by atoms with E-state index in [-0.39, 0.29) is 12.0 Å². The fourth-order valence-electron chi connectivity index (χ4n) is 4.06. The number of carbonyl (C=O) groups excluding carboxylic acids is 1. The molecule has 4 rings (SSSR count). The molecule has 2 unspecified atom stereocenters. The Balaban J connectivity index is 1.38. The summed E-state index contributed by atoms with van der Waals surface area (Å²) in [5, 5.41) is 17.5. The minimum Gasteiger partial charge on any atom is -0.406 e. The first kappa shape index (κ1) is 25.8. The van der Waals surface area contributed by atoms with Gasteiger partial charge in [0.25, 0.3) is 0 Å². The van der Waals surface area contributed by atoms with Crippen molar-refractivity contribution < 1.29 is 31.8 Å². The standard InChI is InChI=1S/C24H22F4N4O3S/c1-34-23(17-12-16(8-9-18(17)25)35-24(26,27)28)20(33)13-22-32-31-21(36-22)11-14-4-6-15(7-5-14)19-3-2-10-29-30-19/h2-3,6,8-10,12,14,23H,4-5,7,11,13H2,1H3. The molecule has 7 nitrogen and oxygen atoms in total. The monoisotopic (exact) mass is 522 g/mol. The second kappa shape index (κ2) is 11.2. The molecule has 0 radical (unpaired) electrons. The number of aromatic nitrogens is 4. The SMILES string of the molecule is COC(C(=O)Cc1nnc(CC2CC=C(c3cccnn3)CC2)s1)c1cc(OC(F)(F)F)ccc1F. The smallest absolute Gasteiger partial charge is 0.406 e. The van der Waals surface area contributed by atoms with Gasteiger partial charge in [-0.2, -0.15) is 10.2 Å². The molecule has 1 aliphatic carbocycles. The fraction of sp³-hybridized carbons (Fsp3) is 0.375. The number of methoxy groups -OCH3 is 1. The van der Waals surface area contributed by atoms with Crippen molar-refractivity contribution in [2.45, 2.75) is 44.6 Å². The Morgan fingerprint density at radius 3 is 2.67 bits per heavy atom. The van der Waals surface area contributed by atoms with Gasteiger partial charge in [-0.05, 0) is 61.1 Å². The van der Waals surface area contributed by atoms with Crippen LogP contribution in [0.25, 0.3) is 5.57 Å². The molecule has 36 heavy (non-hydrogen) atoms. The fourth-order valence-corrected chi connectivity index (χ4v) is 5.03. The van der Waals surface area contributed by atoms with Gasteiger partial charge in [-0.3, -0.25) is 4.79 Å². The summed E-state index contributed by atoms with van der Waals surface area (Å²) >= 11 is 1.28. The van der Waals surface area contributed by atoms with E-state index in [1.807, 2.05) is 12.1 Å². The Morgan fingerprint density at radius 1 is 1.19 bits per heavy atom. The molecule has 0 fully saturated rings. The summed E-state index contributed by atoms with van der Waals surface area (Å²) < 4.78 is 60.9. The molecular formula is C24H22F4N4O3S. The highest BCUT2D eigenvalue weighted by atomic mass is 32.1. The van der Waals surface area contributed by atoms with Crippen molar-refractivity contribution in [3.8, 4) is 5.75 Å².